The van der Waals surface area contributed by atoms with Gasteiger partial charge in [-0.2, -0.15) is 21.6 Å². The molecule has 164 valence electrons. The van der Waals surface area contributed by atoms with Crippen molar-refractivity contribution in [2.24, 2.45) is 0 Å². The van der Waals surface area contributed by atoms with Gasteiger partial charge in [0.25, 0.3) is 0 Å². The zero-order valence-corrected chi connectivity index (χ0v) is 17.3. The number of rotatable bonds is 4. The van der Waals surface area contributed by atoms with Gasteiger partial charge in [-0.05, 0) is 33.7 Å². The molecule has 0 saturated heterocycles. The average molecular weight is 460 g/mol. The fourth-order valence-electron chi connectivity index (χ4n) is 3.57. The van der Waals surface area contributed by atoms with E-state index in [-0.39, 0.29) is 16.7 Å². The molecule has 5 nitrogen and oxygen atoms in total. The number of carbonyl (C=O) groups excluding carboxylic acids is 1. The quantitative estimate of drug-likeness (QED) is 0.223. The lowest BCUT2D eigenvalue weighted by molar-refractivity contribution is -0.0499. The molecule has 4 aromatic carbocycles. The summed E-state index contributed by atoms with van der Waals surface area (Å²) in [4.78, 5) is 12.6. The summed E-state index contributed by atoms with van der Waals surface area (Å²) < 4.78 is 72.4. The van der Waals surface area contributed by atoms with Crippen molar-refractivity contribution in [2.45, 2.75) is 5.51 Å². The molecule has 0 aliphatic carbocycles. The first-order chi connectivity index (χ1) is 15.1. The lowest BCUT2D eigenvalue weighted by Gasteiger charge is -2.19. The van der Waals surface area contributed by atoms with Gasteiger partial charge >= 0.3 is 21.6 Å². The van der Waals surface area contributed by atoms with Crippen molar-refractivity contribution < 1.29 is 35.3 Å². The third kappa shape index (κ3) is 3.64. The first-order valence-electron chi connectivity index (χ1n) is 9.27. The maximum atomic E-state index is 13.1. The van der Waals surface area contributed by atoms with E-state index < -0.39 is 27.3 Å². The normalized spacial score (nSPS) is 12.1. The highest BCUT2D eigenvalue weighted by molar-refractivity contribution is 7.88. The SMILES string of the molecule is COC(=O)c1ccc2ccccc2c1-c1c(OS(=O)(=O)C(F)(F)F)ccc2ccccc12. The van der Waals surface area contributed by atoms with Gasteiger partial charge in [-0.3, -0.25) is 0 Å². The Balaban J connectivity index is 2.16. The molecule has 9 heteroatoms. The molecule has 4 rings (SSSR count). The van der Waals surface area contributed by atoms with Crippen LogP contribution >= 0.6 is 0 Å². The summed E-state index contributed by atoms with van der Waals surface area (Å²) in [5.41, 5.74) is -5.33. The highest BCUT2D eigenvalue weighted by Crippen LogP contribution is 2.44. The minimum absolute atomic E-state index is 0.0353. The van der Waals surface area contributed by atoms with Crippen molar-refractivity contribution >= 4 is 37.6 Å². The van der Waals surface area contributed by atoms with Gasteiger partial charge in [0, 0.05) is 11.1 Å². The van der Waals surface area contributed by atoms with Crippen LogP contribution in [0.4, 0.5) is 13.2 Å². The smallest absolute Gasteiger partial charge is 0.465 e. The van der Waals surface area contributed by atoms with Crippen LogP contribution in [0.1, 0.15) is 10.4 Å². The average Bonchev–Trinajstić information content (AvgIpc) is 2.77. The van der Waals surface area contributed by atoms with Crippen LogP contribution < -0.4 is 4.18 Å². The molecule has 0 aliphatic rings. The maximum Gasteiger partial charge on any atom is 0.534 e. The fourth-order valence-corrected chi connectivity index (χ4v) is 4.04. The molecule has 0 N–H and O–H groups in total. The number of hydrogen-bond acceptors (Lipinski definition) is 5. The van der Waals surface area contributed by atoms with Crippen molar-refractivity contribution in [3.63, 3.8) is 0 Å². The van der Waals surface area contributed by atoms with Crippen molar-refractivity contribution in [1.29, 1.82) is 0 Å². The zero-order chi connectivity index (χ0) is 23.1. The second-order valence-corrected chi connectivity index (χ2v) is 8.38. The van der Waals surface area contributed by atoms with Gasteiger partial charge in [0.2, 0.25) is 0 Å². The Hall–Kier alpha value is -3.59. The van der Waals surface area contributed by atoms with E-state index in [0.717, 1.165) is 6.07 Å². The first-order valence-corrected chi connectivity index (χ1v) is 10.7. The molecule has 0 unspecified atom stereocenters. The molecular weight excluding hydrogens is 445 g/mol. The molecule has 0 fully saturated rings. The predicted molar refractivity (Wildman–Crippen MR) is 114 cm³/mol. The number of carbonyl (C=O) groups is 1. The first kappa shape index (κ1) is 21.6. The van der Waals surface area contributed by atoms with Crippen LogP contribution in [0.2, 0.25) is 0 Å². The standard InChI is InChI=1S/C23H15F3O5S/c1-30-22(27)18-12-10-14-6-2-4-8-16(14)20(18)21-17-9-5-3-7-15(17)11-13-19(21)31-32(28,29)23(24,25)26/h2-13H,1H3. The van der Waals surface area contributed by atoms with E-state index in [4.69, 9.17) is 4.74 Å². The molecular formula is C23H15F3O5S. The highest BCUT2D eigenvalue weighted by Gasteiger charge is 2.49. The van der Waals surface area contributed by atoms with Crippen molar-refractivity contribution in [3.05, 3.63) is 78.4 Å². The minimum Gasteiger partial charge on any atom is -0.465 e. The molecule has 0 heterocycles. The molecule has 0 atom stereocenters. The molecule has 0 bridgehead atoms. The highest BCUT2D eigenvalue weighted by atomic mass is 32.2. The van der Waals surface area contributed by atoms with Crippen LogP contribution in [0.15, 0.2) is 72.8 Å². The number of benzene rings is 4. The Morgan fingerprint density at radius 2 is 1.31 bits per heavy atom. The monoisotopic (exact) mass is 460 g/mol. The van der Waals surface area contributed by atoms with Crippen LogP contribution in [0.25, 0.3) is 32.7 Å². The van der Waals surface area contributed by atoms with E-state index >= 15 is 0 Å². The number of methoxy groups -OCH3 is 1. The molecule has 0 amide bonds. The summed E-state index contributed by atoms with van der Waals surface area (Å²) >= 11 is 0. The van der Waals surface area contributed by atoms with Crippen LogP contribution in [-0.2, 0) is 14.9 Å². The van der Waals surface area contributed by atoms with E-state index in [9.17, 15) is 26.4 Å². The van der Waals surface area contributed by atoms with Gasteiger partial charge in [0.1, 0.15) is 0 Å². The Morgan fingerprint density at radius 3 is 1.88 bits per heavy atom. The summed E-state index contributed by atoms with van der Waals surface area (Å²) in [6.07, 6.45) is 0. The second-order valence-electron chi connectivity index (χ2n) is 6.84. The van der Waals surface area contributed by atoms with Crippen molar-refractivity contribution in [3.8, 4) is 16.9 Å². The molecule has 0 aromatic heterocycles. The Bertz CT molecular complexity index is 1460. The largest absolute Gasteiger partial charge is 0.534 e. The van der Waals surface area contributed by atoms with Gasteiger partial charge in [0.05, 0.1) is 12.7 Å². The van der Waals surface area contributed by atoms with E-state index in [1.165, 1.54) is 19.2 Å². The summed E-state index contributed by atoms with van der Waals surface area (Å²) in [7, 11) is -4.78. The van der Waals surface area contributed by atoms with E-state index in [0.29, 0.717) is 21.5 Å². The Morgan fingerprint density at radius 1 is 0.781 bits per heavy atom. The molecule has 0 aliphatic heterocycles. The number of alkyl halides is 3. The van der Waals surface area contributed by atoms with Crippen LogP contribution in [0, 0.1) is 0 Å². The summed E-state index contributed by atoms with van der Waals surface area (Å²) in [6, 6.07) is 19.3. The second kappa shape index (κ2) is 7.83. The number of esters is 1. The number of ether oxygens (including phenoxy) is 1. The zero-order valence-electron chi connectivity index (χ0n) is 16.5. The summed E-state index contributed by atoms with van der Waals surface area (Å²) in [6.45, 7) is 0. The molecule has 32 heavy (non-hydrogen) atoms. The predicted octanol–water partition coefficient (Wildman–Crippen LogP) is 5.68. The van der Waals surface area contributed by atoms with Gasteiger partial charge in [-0.15, -0.1) is 0 Å². The molecule has 0 spiro atoms. The number of halogens is 3. The Kier molecular flexibility index (Phi) is 5.29. The van der Waals surface area contributed by atoms with Crippen LogP contribution in [-0.4, -0.2) is 27.0 Å². The molecule has 4 aromatic rings. The number of fused-ring (bicyclic) bond motifs is 2. The van der Waals surface area contributed by atoms with Crippen molar-refractivity contribution in [2.75, 3.05) is 7.11 Å². The third-order valence-electron chi connectivity index (χ3n) is 4.96. The van der Waals surface area contributed by atoms with E-state index in [1.54, 1.807) is 54.6 Å². The minimum atomic E-state index is -5.96. The van der Waals surface area contributed by atoms with Gasteiger partial charge in [0.15, 0.2) is 5.75 Å². The fraction of sp³-hybridized carbons (Fsp3) is 0.0870. The van der Waals surface area contributed by atoms with Crippen LogP contribution in [0.5, 0.6) is 5.75 Å². The van der Waals surface area contributed by atoms with Gasteiger partial charge in [-0.25, -0.2) is 4.79 Å². The molecule has 0 radical (unpaired) electrons. The Labute approximate surface area is 181 Å². The third-order valence-corrected chi connectivity index (χ3v) is 5.92. The molecule has 0 saturated carbocycles. The van der Waals surface area contributed by atoms with Crippen molar-refractivity contribution in [1.82, 2.24) is 0 Å². The maximum absolute atomic E-state index is 13.1. The lowest BCUT2D eigenvalue weighted by Crippen LogP contribution is -2.28. The lowest BCUT2D eigenvalue weighted by atomic mass is 9.89. The van der Waals surface area contributed by atoms with Gasteiger partial charge in [-0.1, -0.05) is 60.7 Å². The van der Waals surface area contributed by atoms with E-state index in [1.807, 2.05) is 0 Å². The number of hydrogen-bond donors (Lipinski definition) is 0. The van der Waals surface area contributed by atoms with Gasteiger partial charge < -0.3 is 8.92 Å². The summed E-state index contributed by atoms with van der Waals surface area (Å²) in [5, 5.41) is 2.22. The van der Waals surface area contributed by atoms with Crippen LogP contribution in [0.3, 0.4) is 0 Å². The van der Waals surface area contributed by atoms with E-state index in [2.05, 4.69) is 4.18 Å². The topological polar surface area (TPSA) is 69.7 Å². The summed E-state index contributed by atoms with van der Waals surface area (Å²) in [5.74, 6) is -1.29.